The van der Waals surface area contributed by atoms with Crippen molar-refractivity contribution in [1.82, 2.24) is 4.90 Å². The van der Waals surface area contributed by atoms with Crippen molar-refractivity contribution in [3.8, 4) is 6.07 Å². The Morgan fingerprint density at radius 1 is 1.39 bits per heavy atom. The fraction of sp³-hybridized carbons (Fsp3) is 0.353. The summed E-state index contributed by atoms with van der Waals surface area (Å²) in [7, 11) is 1.57. The number of benzene rings is 1. The molecule has 0 saturated carbocycles. The van der Waals surface area contributed by atoms with Gasteiger partial charge in [0.2, 0.25) is 0 Å². The third kappa shape index (κ3) is 4.33. The summed E-state index contributed by atoms with van der Waals surface area (Å²) >= 11 is 0. The minimum atomic E-state index is -0.490. The maximum atomic E-state index is 11.9. The van der Waals surface area contributed by atoms with E-state index in [-0.39, 0.29) is 25.4 Å². The first-order valence-corrected chi connectivity index (χ1v) is 7.24. The maximum Gasteiger partial charge on any atom is 0.310 e. The van der Waals surface area contributed by atoms with Crippen LogP contribution in [-0.4, -0.2) is 37.0 Å². The first-order valence-electron chi connectivity index (χ1n) is 7.24. The van der Waals surface area contributed by atoms with Gasteiger partial charge >= 0.3 is 5.97 Å². The standard InChI is InChI=1S/C17H18N2O4/c1-12-4-5-14-13(10-22-15(14)8-12)9-17(21)23-11-16(20)19(2)7-3-6-18/h4-5,8,10H,3,7,9,11H2,1-2H3. The van der Waals surface area contributed by atoms with E-state index in [9.17, 15) is 9.59 Å². The van der Waals surface area contributed by atoms with Gasteiger partial charge < -0.3 is 14.1 Å². The number of carbonyl (C=O) groups excluding carboxylic acids is 2. The molecule has 0 unspecified atom stereocenters. The lowest BCUT2D eigenvalue weighted by atomic mass is 10.1. The van der Waals surface area contributed by atoms with Gasteiger partial charge in [-0.2, -0.15) is 5.26 Å². The van der Waals surface area contributed by atoms with Gasteiger partial charge in [-0.1, -0.05) is 12.1 Å². The van der Waals surface area contributed by atoms with Crippen molar-refractivity contribution >= 4 is 22.8 Å². The lowest BCUT2D eigenvalue weighted by molar-refractivity contribution is -0.150. The summed E-state index contributed by atoms with van der Waals surface area (Å²) in [5.74, 6) is -0.823. The van der Waals surface area contributed by atoms with Crippen LogP contribution in [0, 0.1) is 18.3 Å². The Bertz CT molecular complexity index is 758. The topological polar surface area (TPSA) is 83.5 Å². The molecule has 6 heteroatoms. The Morgan fingerprint density at radius 3 is 2.91 bits per heavy atom. The zero-order chi connectivity index (χ0) is 16.8. The number of esters is 1. The molecule has 0 N–H and O–H groups in total. The highest BCUT2D eigenvalue weighted by Crippen LogP contribution is 2.22. The Labute approximate surface area is 134 Å². The zero-order valence-electron chi connectivity index (χ0n) is 13.2. The molecule has 120 valence electrons. The molecular formula is C17H18N2O4. The van der Waals surface area contributed by atoms with E-state index < -0.39 is 5.97 Å². The van der Waals surface area contributed by atoms with Crippen LogP contribution in [0.15, 0.2) is 28.9 Å². The summed E-state index contributed by atoms with van der Waals surface area (Å²) in [5.41, 5.74) is 2.53. The molecule has 23 heavy (non-hydrogen) atoms. The largest absolute Gasteiger partial charge is 0.464 e. The highest BCUT2D eigenvalue weighted by molar-refractivity contribution is 5.87. The fourth-order valence-electron chi connectivity index (χ4n) is 2.13. The van der Waals surface area contributed by atoms with Crippen LogP contribution in [-0.2, 0) is 20.7 Å². The number of amides is 1. The smallest absolute Gasteiger partial charge is 0.310 e. The van der Waals surface area contributed by atoms with Crippen molar-refractivity contribution in [3.05, 3.63) is 35.6 Å². The van der Waals surface area contributed by atoms with Gasteiger partial charge in [-0.25, -0.2) is 0 Å². The van der Waals surface area contributed by atoms with Gasteiger partial charge in [0.1, 0.15) is 5.58 Å². The number of hydrogen-bond acceptors (Lipinski definition) is 5. The van der Waals surface area contributed by atoms with Crippen LogP contribution in [0.1, 0.15) is 17.5 Å². The van der Waals surface area contributed by atoms with Crippen LogP contribution in [0.25, 0.3) is 11.0 Å². The number of rotatable bonds is 6. The number of carbonyl (C=O) groups is 2. The van der Waals surface area contributed by atoms with E-state index in [1.54, 1.807) is 7.05 Å². The lowest BCUT2D eigenvalue weighted by Gasteiger charge is -2.15. The molecule has 0 aliphatic heterocycles. The summed E-state index contributed by atoms with van der Waals surface area (Å²) in [6.07, 6.45) is 1.83. The normalized spacial score (nSPS) is 10.3. The molecule has 0 atom stereocenters. The predicted octanol–water partition coefficient (Wildman–Crippen LogP) is 2.20. The lowest BCUT2D eigenvalue weighted by Crippen LogP contribution is -2.32. The minimum Gasteiger partial charge on any atom is -0.464 e. The van der Waals surface area contributed by atoms with Gasteiger partial charge in [0.15, 0.2) is 6.61 Å². The zero-order valence-corrected chi connectivity index (χ0v) is 13.2. The number of aryl methyl sites for hydroxylation is 1. The number of nitriles is 1. The fourth-order valence-corrected chi connectivity index (χ4v) is 2.13. The van der Waals surface area contributed by atoms with Gasteiger partial charge in [-0.15, -0.1) is 0 Å². The molecule has 0 saturated heterocycles. The SMILES string of the molecule is Cc1ccc2c(CC(=O)OCC(=O)N(C)CCC#N)coc2c1. The third-order valence-electron chi connectivity index (χ3n) is 3.49. The van der Waals surface area contributed by atoms with Crippen molar-refractivity contribution in [1.29, 1.82) is 5.26 Å². The van der Waals surface area contributed by atoms with Crippen molar-refractivity contribution in [2.75, 3.05) is 20.2 Å². The minimum absolute atomic E-state index is 0.0469. The molecule has 0 bridgehead atoms. The second-order valence-electron chi connectivity index (χ2n) is 5.32. The Balaban J connectivity index is 1.89. The van der Waals surface area contributed by atoms with E-state index in [1.807, 2.05) is 31.2 Å². The van der Waals surface area contributed by atoms with Crippen LogP contribution >= 0.6 is 0 Å². The second kappa shape index (κ2) is 7.45. The molecule has 1 heterocycles. The van der Waals surface area contributed by atoms with Gasteiger partial charge in [0.05, 0.1) is 25.2 Å². The third-order valence-corrected chi connectivity index (χ3v) is 3.49. The Hall–Kier alpha value is -2.81. The molecule has 0 fully saturated rings. The summed E-state index contributed by atoms with van der Waals surface area (Å²) in [5, 5.41) is 9.35. The maximum absolute atomic E-state index is 11.9. The van der Waals surface area contributed by atoms with Crippen LogP contribution in [0.5, 0.6) is 0 Å². The molecule has 0 aliphatic rings. The predicted molar refractivity (Wildman–Crippen MR) is 83.5 cm³/mol. The van der Waals surface area contributed by atoms with Crippen LogP contribution in [0.4, 0.5) is 0 Å². The van der Waals surface area contributed by atoms with E-state index in [4.69, 9.17) is 14.4 Å². The van der Waals surface area contributed by atoms with Crippen molar-refractivity contribution < 1.29 is 18.7 Å². The molecule has 2 aromatic rings. The van der Waals surface area contributed by atoms with Gasteiger partial charge in [0, 0.05) is 24.5 Å². The molecule has 1 aromatic carbocycles. The first-order chi connectivity index (χ1) is 11.0. The van der Waals surface area contributed by atoms with E-state index in [0.717, 1.165) is 22.1 Å². The number of hydrogen-bond donors (Lipinski definition) is 0. The van der Waals surface area contributed by atoms with Crippen molar-refractivity contribution in [2.45, 2.75) is 19.8 Å². The number of likely N-dealkylation sites (N-methyl/N-ethyl adjacent to an activating group) is 1. The van der Waals surface area contributed by atoms with Gasteiger partial charge in [-0.05, 0) is 18.6 Å². The second-order valence-corrected chi connectivity index (χ2v) is 5.32. The number of ether oxygens (including phenoxy) is 1. The molecule has 0 spiro atoms. The molecule has 6 nitrogen and oxygen atoms in total. The van der Waals surface area contributed by atoms with Gasteiger partial charge in [-0.3, -0.25) is 9.59 Å². The first kappa shape index (κ1) is 16.6. The molecule has 0 radical (unpaired) electrons. The number of furan rings is 1. The van der Waals surface area contributed by atoms with Gasteiger partial charge in [0.25, 0.3) is 5.91 Å². The average Bonchev–Trinajstić information content (AvgIpc) is 2.92. The summed E-state index contributed by atoms with van der Waals surface area (Å²) < 4.78 is 10.4. The molecular weight excluding hydrogens is 296 g/mol. The van der Waals surface area contributed by atoms with Crippen LogP contribution in [0.3, 0.4) is 0 Å². The number of nitrogens with zero attached hydrogens (tertiary/aromatic N) is 2. The highest BCUT2D eigenvalue weighted by atomic mass is 16.5. The molecule has 1 aromatic heterocycles. The van der Waals surface area contributed by atoms with E-state index >= 15 is 0 Å². The van der Waals surface area contributed by atoms with Crippen LogP contribution < -0.4 is 0 Å². The van der Waals surface area contributed by atoms with Crippen molar-refractivity contribution in [3.63, 3.8) is 0 Å². The monoisotopic (exact) mass is 314 g/mol. The van der Waals surface area contributed by atoms with Crippen molar-refractivity contribution in [2.24, 2.45) is 0 Å². The quantitative estimate of drug-likeness (QED) is 0.763. The molecule has 0 aliphatic carbocycles. The van der Waals surface area contributed by atoms with Crippen LogP contribution in [0.2, 0.25) is 0 Å². The van der Waals surface area contributed by atoms with E-state index in [2.05, 4.69) is 0 Å². The highest BCUT2D eigenvalue weighted by Gasteiger charge is 2.14. The summed E-state index contributed by atoms with van der Waals surface area (Å²) in [6.45, 7) is 1.96. The Kier molecular flexibility index (Phi) is 5.36. The summed E-state index contributed by atoms with van der Waals surface area (Å²) in [6, 6.07) is 7.70. The number of fused-ring (bicyclic) bond motifs is 1. The average molecular weight is 314 g/mol. The Morgan fingerprint density at radius 2 is 2.17 bits per heavy atom. The van der Waals surface area contributed by atoms with E-state index in [0.29, 0.717) is 6.54 Å². The molecule has 1 amide bonds. The summed E-state index contributed by atoms with van der Waals surface area (Å²) in [4.78, 5) is 25.0. The molecule has 2 rings (SSSR count). The van der Waals surface area contributed by atoms with E-state index in [1.165, 1.54) is 11.2 Å².